The SMILES string of the molecule is CCn1c(C(C)Nc2ccc([N+](=O)[O-])cc2[N+](=O)[O-])nc2ccccc21. The minimum atomic E-state index is -0.656. The number of para-hydroxylation sites is 2. The van der Waals surface area contributed by atoms with Gasteiger partial charge in [-0.05, 0) is 32.0 Å². The summed E-state index contributed by atoms with van der Waals surface area (Å²) in [6.07, 6.45) is 0. The van der Waals surface area contributed by atoms with Gasteiger partial charge in [0.15, 0.2) is 0 Å². The van der Waals surface area contributed by atoms with Gasteiger partial charge < -0.3 is 9.88 Å². The Labute approximate surface area is 148 Å². The quantitative estimate of drug-likeness (QED) is 0.527. The minimum Gasteiger partial charge on any atom is -0.370 e. The van der Waals surface area contributed by atoms with Gasteiger partial charge in [0.1, 0.15) is 11.5 Å². The van der Waals surface area contributed by atoms with E-state index in [1.54, 1.807) is 0 Å². The number of fused-ring (bicyclic) bond motifs is 1. The summed E-state index contributed by atoms with van der Waals surface area (Å²) in [6, 6.07) is 10.9. The Bertz CT molecular complexity index is 998. The Morgan fingerprint density at radius 3 is 2.54 bits per heavy atom. The molecule has 1 N–H and O–H groups in total. The number of hydrogen-bond acceptors (Lipinski definition) is 6. The summed E-state index contributed by atoms with van der Waals surface area (Å²) < 4.78 is 2.03. The molecule has 1 unspecified atom stereocenters. The van der Waals surface area contributed by atoms with Crippen molar-refractivity contribution >= 4 is 28.1 Å². The number of hydrogen-bond donors (Lipinski definition) is 1. The lowest BCUT2D eigenvalue weighted by Gasteiger charge is -2.16. The van der Waals surface area contributed by atoms with Crippen molar-refractivity contribution in [3.63, 3.8) is 0 Å². The Morgan fingerprint density at radius 2 is 1.88 bits per heavy atom. The van der Waals surface area contributed by atoms with Gasteiger partial charge >= 0.3 is 0 Å². The molecular weight excluding hydrogens is 338 g/mol. The molecule has 3 rings (SSSR count). The normalized spacial score (nSPS) is 12.1. The van der Waals surface area contributed by atoms with E-state index >= 15 is 0 Å². The van der Waals surface area contributed by atoms with Crippen LogP contribution in [-0.4, -0.2) is 19.4 Å². The zero-order valence-corrected chi connectivity index (χ0v) is 14.2. The third-order valence-electron chi connectivity index (χ3n) is 4.15. The molecule has 0 saturated carbocycles. The first-order valence-corrected chi connectivity index (χ1v) is 8.07. The fourth-order valence-electron chi connectivity index (χ4n) is 2.96. The zero-order chi connectivity index (χ0) is 18.8. The van der Waals surface area contributed by atoms with Gasteiger partial charge in [0.05, 0.1) is 33.0 Å². The highest BCUT2D eigenvalue weighted by atomic mass is 16.6. The van der Waals surface area contributed by atoms with Gasteiger partial charge in [0, 0.05) is 12.6 Å². The number of anilines is 1. The van der Waals surface area contributed by atoms with E-state index in [9.17, 15) is 20.2 Å². The van der Waals surface area contributed by atoms with E-state index in [1.807, 2.05) is 42.7 Å². The number of rotatable bonds is 6. The second kappa shape index (κ2) is 6.79. The molecule has 0 aliphatic rings. The van der Waals surface area contributed by atoms with E-state index in [4.69, 9.17) is 0 Å². The van der Waals surface area contributed by atoms with Crippen LogP contribution in [0.15, 0.2) is 42.5 Å². The number of non-ortho nitro benzene ring substituents is 1. The Morgan fingerprint density at radius 1 is 1.15 bits per heavy atom. The molecule has 134 valence electrons. The van der Waals surface area contributed by atoms with E-state index < -0.39 is 9.85 Å². The molecular formula is C17H17N5O4. The van der Waals surface area contributed by atoms with Crippen LogP contribution in [0.3, 0.4) is 0 Å². The molecule has 2 aromatic carbocycles. The highest BCUT2D eigenvalue weighted by Gasteiger charge is 2.23. The average Bonchev–Trinajstić information content (AvgIpc) is 3.00. The highest BCUT2D eigenvalue weighted by Crippen LogP contribution is 2.32. The number of aryl methyl sites for hydroxylation is 1. The molecule has 0 aliphatic carbocycles. The number of imidazole rings is 1. The van der Waals surface area contributed by atoms with Crippen LogP contribution in [0.1, 0.15) is 25.7 Å². The van der Waals surface area contributed by atoms with Gasteiger partial charge in [-0.25, -0.2) is 4.98 Å². The summed E-state index contributed by atoms with van der Waals surface area (Å²) in [7, 11) is 0. The zero-order valence-electron chi connectivity index (χ0n) is 14.2. The van der Waals surface area contributed by atoms with Crippen molar-refractivity contribution < 1.29 is 9.85 Å². The Kier molecular flexibility index (Phi) is 4.53. The van der Waals surface area contributed by atoms with Gasteiger partial charge in [-0.3, -0.25) is 20.2 Å². The van der Waals surface area contributed by atoms with E-state index in [1.165, 1.54) is 12.1 Å². The topological polar surface area (TPSA) is 116 Å². The number of nitrogens with zero attached hydrogens (tertiary/aromatic N) is 4. The predicted molar refractivity (Wildman–Crippen MR) is 97.2 cm³/mol. The summed E-state index contributed by atoms with van der Waals surface area (Å²) in [5, 5.41) is 25.2. The summed E-state index contributed by atoms with van der Waals surface area (Å²) in [5.74, 6) is 0.737. The van der Waals surface area contributed by atoms with Gasteiger partial charge in [-0.2, -0.15) is 0 Å². The van der Waals surface area contributed by atoms with Gasteiger partial charge in [-0.1, -0.05) is 12.1 Å². The summed E-state index contributed by atoms with van der Waals surface area (Å²) in [4.78, 5) is 25.5. The van der Waals surface area contributed by atoms with Crippen molar-refractivity contribution in [2.45, 2.75) is 26.4 Å². The molecule has 9 heteroatoms. The fourth-order valence-corrected chi connectivity index (χ4v) is 2.96. The van der Waals surface area contributed by atoms with Crippen LogP contribution < -0.4 is 5.32 Å². The summed E-state index contributed by atoms with van der Waals surface area (Å²) >= 11 is 0. The maximum Gasteiger partial charge on any atom is 0.299 e. The van der Waals surface area contributed by atoms with Crippen LogP contribution in [0, 0.1) is 20.2 Å². The molecule has 0 radical (unpaired) electrons. The van der Waals surface area contributed by atoms with E-state index in [0.29, 0.717) is 6.54 Å². The lowest BCUT2D eigenvalue weighted by atomic mass is 10.2. The van der Waals surface area contributed by atoms with E-state index in [-0.39, 0.29) is 23.1 Å². The molecule has 1 aromatic heterocycles. The smallest absolute Gasteiger partial charge is 0.299 e. The van der Waals surface area contributed by atoms with Crippen LogP contribution >= 0.6 is 0 Å². The van der Waals surface area contributed by atoms with Crippen LogP contribution in [0.25, 0.3) is 11.0 Å². The molecule has 0 saturated heterocycles. The first-order chi connectivity index (χ1) is 12.4. The number of nitrogens with one attached hydrogen (secondary N) is 1. The third-order valence-corrected chi connectivity index (χ3v) is 4.15. The van der Waals surface area contributed by atoms with E-state index in [0.717, 1.165) is 22.9 Å². The van der Waals surface area contributed by atoms with Gasteiger partial charge in [0.25, 0.3) is 11.4 Å². The molecule has 1 heterocycles. The van der Waals surface area contributed by atoms with Crippen LogP contribution in [0.4, 0.5) is 17.1 Å². The predicted octanol–water partition coefficient (Wildman–Crippen LogP) is 4.05. The van der Waals surface area contributed by atoms with Crippen molar-refractivity contribution in [1.29, 1.82) is 0 Å². The molecule has 3 aromatic rings. The second-order valence-corrected chi connectivity index (χ2v) is 5.78. The summed E-state index contributed by atoms with van der Waals surface area (Å²) in [5.41, 5.74) is 1.37. The van der Waals surface area contributed by atoms with Crippen LogP contribution in [0.5, 0.6) is 0 Å². The lowest BCUT2D eigenvalue weighted by molar-refractivity contribution is -0.393. The Balaban J connectivity index is 1.99. The van der Waals surface area contributed by atoms with Crippen LogP contribution in [0.2, 0.25) is 0 Å². The first-order valence-electron chi connectivity index (χ1n) is 8.07. The first kappa shape index (κ1) is 17.3. The molecule has 0 bridgehead atoms. The van der Waals surface area contributed by atoms with Crippen molar-refractivity contribution in [2.24, 2.45) is 0 Å². The molecule has 0 spiro atoms. The molecule has 0 aliphatic heterocycles. The van der Waals surface area contributed by atoms with Crippen molar-refractivity contribution in [3.05, 3.63) is 68.5 Å². The lowest BCUT2D eigenvalue weighted by Crippen LogP contribution is -2.14. The van der Waals surface area contributed by atoms with Crippen molar-refractivity contribution in [1.82, 2.24) is 9.55 Å². The number of benzene rings is 2. The molecule has 9 nitrogen and oxygen atoms in total. The molecule has 26 heavy (non-hydrogen) atoms. The Hall–Kier alpha value is -3.49. The molecule has 0 fully saturated rings. The monoisotopic (exact) mass is 355 g/mol. The largest absolute Gasteiger partial charge is 0.370 e. The van der Waals surface area contributed by atoms with E-state index in [2.05, 4.69) is 10.3 Å². The van der Waals surface area contributed by atoms with Crippen molar-refractivity contribution in [3.8, 4) is 0 Å². The fraction of sp³-hybridized carbons (Fsp3) is 0.235. The maximum atomic E-state index is 11.3. The minimum absolute atomic E-state index is 0.211. The average molecular weight is 355 g/mol. The summed E-state index contributed by atoms with van der Waals surface area (Å²) in [6.45, 7) is 4.54. The highest BCUT2D eigenvalue weighted by molar-refractivity contribution is 5.76. The standard InChI is InChI=1S/C17H17N5O4/c1-3-20-15-7-5-4-6-13(15)19-17(20)11(2)18-14-9-8-12(21(23)24)10-16(14)22(25)26/h4-11,18H,3H2,1-2H3. The van der Waals surface area contributed by atoms with Gasteiger partial charge in [-0.15, -0.1) is 0 Å². The number of aromatic nitrogens is 2. The van der Waals surface area contributed by atoms with Crippen LogP contribution in [-0.2, 0) is 6.54 Å². The van der Waals surface area contributed by atoms with Crippen molar-refractivity contribution in [2.75, 3.05) is 5.32 Å². The third kappa shape index (κ3) is 3.06. The second-order valence-electron chi connectivity index (χ2n) is 5.78. The maximum absolute atomic E-state index is 11.3. The number of nitro benzene ring substituents is 2. The number of nitro groups is 2. The molecule has 1 atom stereocenters. The van der Waals surface area contributed by atoms with Gasteiger partial charge in [0.2, 0.25) is 0 Å². The molecule has 0 amide bonds.